The van der Waals surface area contributed by atoms with E-state index in [-0.39, 0.29) is 43.8 Å². The summed E-state index contributed by atoms with van der Waals surface area (Å²) in [5, 5.41) is 3.04. The summed E-state index contributed by atoms with van der Waals surface area (Å²) in [6.07, 6.45) is 2.38. The van der Waals surface area contributed by atoms with Crippen molar-refractivity contribution in [2.24, 2.45) is 0 Å². The molecule has 41 heavy (non-hydrogen) atoms. The Labute approximate surface area is 250 Å². The van der Waals surface area contributed by atoms with E-state index in [1.807, 2.05) is 68.4 Å². The molecule has 10 heteroatoms. The van der Waals surface area contributed by atoms with E-state index in [1.54, 1.807) is 4.90 Å². The van der Waals surface area contributed by atoms with Gasteiger partial charge in [0, 0.05) is 36.4 Å². The van der Waals surface area contributed by atoms with Crippen molar-refractivity contribution in [3.63, 3.8) is 0 Å². The number of sulfonamides is 1. The van der Waals surface area contributed by atoms with E-state index in [9.17, 15) is 22.4 Å². The molecule has 3 aromatic carbocycles. The summed E-state index contributed by atoms with van der Waals surface area (Å²) < 4.78 is 40.5. The second-order valence-corrected chi connectivity index (χ2v) is 12.9. The highest BCUT2D eigenvalue weighted by atomic mass is 79.9. The molecule has 2 amide bonds. The van der Waals surface area contributed by atoms with Gasteiger partial charge < -0.3 is 10.2 Å². The second kappa shape index (κ2) is 15.1. The first kappa shape index (κ1) is 32.3. The molecule has 0 bridgehead atoms. The van der Waals surface area contributed by atoms with Crippen molar-refractivity contribution in [2.75, 3.05) is 17.1 Å². The van der Waals surface area contributed by atoms with Crippen LogP contribution in [-0.4, -0.2) is 50.0 Å². The molecule has 220 valence electrons. The van der Waals surface area contributed by atoms with Crippen LogP contribution in [0.25, 0.3) is 0 Å². The zero-order valence-corrected chi connectivity index (χ0v) is 26.0. The molecule has 1 N–H and O–H groups in total. The van der Waals surface area contributed by atoms with Crippen molar-refractivity contribution in [2.45, 2.75) is 58.2 Å². The maximum absolute atomic E-state index is 13.8. The van der Waals surface area contributed by atoms with E-state index in [0.717, 1.165) is 32.6 Å². The average Bonchev–Trinajstić information content (AvgIpc) is 2.94. The smallest absolute Gasteiger partial charge is 0.243 e. The van der Waals surface area contributed by atoms with Crippen LogP contribution in [0.4, 0.5) is 10.1 Å². The molecule has 2 atom stereocenters. The van der Waals surface area contributed by atoms with Gasteiger partial charge in [-0.15, -0.1) is 0 Å². The third kappa shape index (κ3) is 9.97. The van der Waals surface area contributed by atoms with Gasteiger partial charge in [0.1, 0.15) is 11.9 Å². The highest BCUT2D eigenvalue weighted by Crippen LogP contribution is 2.21. The molecule has 0 aliphatic rings. The van der Waals surface area contributed by atoms with Crippen LogP contribution in [0.3, 0.4) is 0 Å². The Morgan fingerprint density at radius 3 is 2.17 bits per heavy atom. The first-order chi connectivity index (χ1) is 19.5. The quantitative estimate of drug-likeness (QED) is 0.244. The van der Waals surface area contributed by atoms with E-state index in [0.29, 0.717) is 12.1 Å². The van der Waals surface area contributed by atoms with E-state index < -0.39 is 21.9 Å². The number of carbonyl (C=O) groups is 2. The van der Waals surface area contributed by atoms with Crippen molar-refractivity contribution in [1.82, 2.24) is 10.2 Å². The molecule has 0 unspecified atom stereocenters. The molecule has 0 spiro atoms. The Morgan fingerprint density at radius 1 is 0.951 bits per heavy atom. The molecular formula is C31H37BrFN3O4S. The van der Waals surface area contributed by atoms with Crippen molar-refractivity contribution < 1.29 is 22.4 Å². The molecule has 0 saturated heterocycles. The van der Waals surface area contributed by atoms with Gasteiger partial charge in [-0.1, -0.05) is 65.3 Å². The lowest BCUT2D eigenvalue weighted by Gasteiger charge is -2.32. The fourth-order valence-corrected chi connectivity index (χ4v) is 5.62. The topological polar surface area (TPSA) is 86.8 Å². The largest absolute Gasteiger partial charge is 0.352 e. The Morgan fingerprint density at radius 2 is 1.59 bits per heavy atom. The zero-order valence-electron chi connectivity index (χ0n) is 23.6. The standard InChI is InChI=1S/C31H37BrFN3O4S/c1-4-23(2)34-31(38)29(21-24-9-6-5-7-10-24)35(22-25-12-14-26(32)15-13-25)30(37)11-8-20-36(41(3,39)40)28-18-16-27(33)17-19-28/h5-7,9-10,12-19,23,29H,4,8,11,20-22H2,1-3H3,(H,34,38)/t23-,29+/m1/s1. The average molecular weight is 647 g/mol. The summed E-state index contributed by atoms with van der Waals surface area (Å²) in [6, 6.07) is 21.5. The third-order valence-corrected chi connectivity index (χ3v) is 8.53. The van der Waals surface area contributed by atoms with Crippen LogP contribution in [0.1, 0.15) is 44.2 Å². The summed E-state index contributed by atoms with van der Waals surface area (Å²) in [5.41, 5.74) is 2.10. The number of nitrogens with zero attached hydrogens (tertiary/aromatic N) is 2. The van der Waals surface area contributed by atoms with Crippen molar-refractivity contribution in [3.8, 4) is 0 Å². The van der Waals surface area contributed by atoms with E-state index in [2.05, 4.69) is 21.2 Å². The maximum Gasteiger partial charge on any atom is 0.243 e. The summed E-state index contributed by atoms with van der Waals surface area (Å²) in [5.74, 6) is -0.973. The number of amides is 2. The van der Waals surface area contributed by atoms with Gasteiger partial charge in [0.05, 0.1) is 11.9 Å². The predicted molar refractivity (Wildman–Crippen MR) is 164 cm³/mol. The Kier molecular flexibility index (Phi) is 11.9. The predicted octanol–water partition coefficient (Wildman–Crippen LogP) is 5.69. The minimum absolute atomic E-state index is 0.0195. The van der Waals surface area contributed by atoms with Crippen LogP contribution in [0, 0.1) is 5.82 Å². The molecule has 0 heterocycles. The van der Waals surface area contributed by atoms with Crippen molar-refractivity contribution in [1.29, 1.82) is 0 Å². The van der Waals surface area contributed by atoms with Crippen LogP contribution in [0.5, 0.6) is 0 Å². The summed E-state index contributed by atoms with van der Waals surface area (Å²) in [7, 11) is -3.67. The third-order valence-electron chi connectivity index (χ3n) is 6.81. The fraction of sp³-hybridized carbons (Fsp3) is 0.355. The lowest BCUT2D eigenvalue weighted by molar-refractivity contribution is -0.141. The van der Waals surface area contributed by atoms with Crippen molar-refractivity contribution in [3.05, 3.63) is 100 Å². The monoisotopic (exact) mass is 645 g/mol. The van der Waals surface area contributed by atoms with Crippen LogP contribution >= 0.6 is 15.9 Å². The number of rotatable bonds is 14. The minimum Gasteiger partial charge on any atom is -0.352 e. The first-order valence-electron chi connectivity index (χ1n) is 13.6. The molecule has 3 aromatic rings. The lowest BCUT2D eigenvalue weighted by atomic mass is 10.0. The molecule has 0 saturated carbocycles. The molecule has 0 aliphatic heterocycles. The number of benzene rings is 3. The molecule has 0 fully saturated rings. The highest BCUT2D eigenvalue weighted by molar-refractivity contribution is 9.10. The Balaban J connectivity index is 1.88. The fourth-order valence-electron chi connectivity index (χ4n) is 4.39. The minimum atomic E-state index is -3.67. The van der Waals surface area contributed by atoms with Gasteiger partial charge in [0.25, 0.3) is 0 Å². The summed E-state index contributed by atoms with van der Waals surface area (Å²) in [6.45, 7) is 4.15. The summed E-state index contributed by atoms with van der Waals surface area (Å²) in [4.78, 5) is 29.0. The second-order valence-electron chi connectivity index (χ2n) is 10.1. The van der Waals surface area contributed by atoms with Gasteiger partial charge >= 0.3 is 0 Å². The molecule has 7 nitrogen and oxygen atoms in total. The van der Waals surface area contributed by atoms with Gasteiger partial charge in [-0.25, -0.2) is 12.8 Å². The number of anilines is 1. The van der Waals surface area contributed by atoms with Crippen LogP contribution in [0.2, 0.25) is 0 Å². The van der Waals surface area contributed by atoms with Crippen molar-refractivity contribution >= 4 is 43.5 Å². The van der Waals surface area contributed by atoms with Gasteiger partial charge in [0.15, 0.2) is 0 Å². The number of carbonyl (C=O) groups excluding carboxylic acids is 2. The molecular weight excluding hydrogens is 609 g/mol. The van der Waals surface area contributed by atoms with E-state index in [1.165, 1.54) is 24.3 Å². The number of nitrogens with one attached hydrogen (secondary N) is 1. The number of hydrogen-bond acceptors (Lipinski definition) is 4. The van der Waals surface area contributed by atoms with E-state index >= 15 is 0 Å². The molecule has 0 aliphatic carbocycles. The zero-order chi connectivity index (χ0) is 30.0. The Bertz CT molecular complexity index is 1390. The van der Waals surface area contributed by atoms with Crippen LogP contribution in [0.15, 0.2) is 83.3 Å². The summed E-state index contributed by atoms with van der Waals surface area (Å²) >= 11 is 3.44. The van der Waals surface area contributed by atoms with Crippen LogP contribution in [-0.2, 0) is 32.6 Å². The number of hydrogen-bond donors (Lipinski definition) is 1. The Hall–Kier alpha value is -3.24. The van der Waals surface area contributed by atoms with Gasteiger partial charge in [-0.2, -0.15) is 0 Å². The molecule has 0 aromatic heterocycles. The molecule has 3 rings (SSSR count). The SMILES string of the molecule is CC[C@@H](C)NC(=O)[C@H](Cc1ccccc1)N(Cc1ccc(Br)cc1)C(=O)CCCN(c1ccc(F)cc1)S(C)(=O)=O. The van der Waals surface area contributed by atoms with Gasteiger partial charge in [-0.3, -0.25) is 13.9 Å². The highest BCUT2D eigenvalue weighted by Gasteiger charge is 2.31. The molecule has 0 radical (unpaired) electrons. The van der Waals surface area contributed by atoms with Crippen LogP contribution < -0.4 is 9.62 Å². The number of halogens is 2. The maximum atomic E-state index is 13.8. The first-order valence-corrected chi connectivity index (χ1v) is 16.2. The van der Waals surface area contributed by atoms with Gasteiger partial charge in [0.2, 0.25) is 21.8 Å². The van der Waals surface area contributed by atoms with Gasteiger partial charge in [-0.05, 0) is 67.3 Å². The normalized spacial score (nSPS) is 12.8. The van der Waals surface area contributed by atoms with E-state index in [4.69, 9.17) is 0 Å². The lowest BCUT2D eigenvalue weighted by Crippen LogP contribution is -2.52.